The lowest BCUT2D eigenvalue weighted by Crippen LogP contribution is -2.41. The molecule has 7 heteroatoms. The van der Waals surface area contributed by atoms with E-state index in [1.165, 1.54) is 0 Å². The minimum atomic E-state index is -3.36. The molecule has 3 aromatic rings. The number of hydrogen-bond donors (Lipinski definition) is 0. The molecule has 1 aliphatic rings. The van der Waals surface area contributed by atoms with Gasteiger partial charge in [-0.25, -0.2) is 17.7 Å². The second-order valence-electron chi connectivity index (χ2n) is 7.35. The van der Waals surface area contributed by atoms with E-state index < -0.39 is 10.0 Å². The molecule has 2 heterocycles. The van der Waals surface area contributed by atoms with Gasteiger partial charge in [0.15, 0.2) is 0 Å². The van der Waals surface area contributed by atoms with Gasteiger partial charge in [-0.15, -0.1) is 0 Å². The molecule has 0 radical (unpaired) electrons. The fraction of sp³-hybridized carbons (Fsp3) is 0.333. The normalized spacial score (nSPS) is 16.5. The molecule has 1 aromatic heterocycles. The summed E-state index contributed by atoms with van der Waals surface area (Å²) < 4.78 is 28.7. The van der Waals surface area contributed by atoms with Crippen LogP contribution in [0, 0.1) is 6.92 Å². The SMILES string of the molecule is Cc1ccc2ncn(C3CCN(S(=O)(=O)Cc4ccccc4)CC3)c(=O)c2c1. The van der Waals surface area contributed by atoms with Crippen LogP contribution in [0.15, 0.2) is 59.7 Å². The fourth-order valence-electron chi connectivity index (χ4n) is 3.78. The van der Waals surface area contributed by atoms with Crippen molar-refractivity contribution in [1.29, 1.82) is 0 Å². The number of aromatic nitrogens is 2. The Morgan fingerprint density at radius 3 is 2.50 bits per heavy atom. The Labute approximate surface area is 164 Å². The number of piperidine rings is 1. The molecule has 0 amide bonds. The molecule has 28 heavy (non-hydrogen) atoms. The van der Waals surface area contributed by atoms with E-state index in [0.29, 0.717) is 36.8 Å². The van der Waals surface area contributed by atoms with Crippen molar-refractivity contribution < 1.29 is 8.42 Å². The molecular weight excluding hydrogens is 374 g/mol. The summed E-state index contributed by atoms with van der Waals surface area (Å²) in [7, 11) is -3.36. The van der Waals surface area contributed by atoms with Crippen LogP contribution < -0.4 is 5.56 Å². The molecule has 2 aromatic carbocycles. The number of fused-ring (bicyclic) bond motifs is 1. The number of benzene rings is 2. The Kier molecular flexibility index (Phi) is 5.03. The fourth-order valence-corrected chi connectivity index (χ4v) is 5.35. The first-order chi connectivity index (χ1) is 13.4. The lowest BCUT2D eigenvalue weighted by atomic mass is 10.1. The first-order valence-corrected chi connectivity index (χ1v) is 11.0. The predicted molar refractivity (Wildman–Crippen MR) is 110 cm³/mol. The topological polar surface area (TPSA) is 72.3 Å². The molecule has 0 aliphatic carbocycles. The number of hydrogen-bond acceptors (Lipinski definition) is 4. The standard InChI is InChI=1S/C21H23N3O3S/c1-16-7-8-20-19(13-16)21(25)24(15-22-20)18-9-11-23(12-10-18)28(26,27)14-17-5-3-2-4-6-17/h2-8,13,15,18H,9-12,14H2,1H3. The van der Waals surface area contributed by atoms with E-state index in [4.69, 9.17) is 0 Å². The highest BCUT2D eigenvalue weighted by atomic mass is 32.2. The number of rotatable bonds is 4. The van der Waals surface area contributed by atoms with Gasteiger partial charge in [0.25, 0.3) is 5.56 Å². The highest BCUT2D eigenvalue weighted by molar-refractivity contribution is 7.88. The van der Waals surface area contributed by atoms with Crippen molar-refractivity contribution in [3.05, 3.63) is 76.3 Å². The van der Waals surface area contributed by atoms with Gasteiger partial charge in [-0.2, -0.15) is 0 Å². The maximum absolute atomic E-state index is 12.9. The van der Waals surface area contributed by atoms with E-state index in [1.807, 2.05) is 55.5 Å². The van der Waals surface area contributed by atoms with Crippen LogP contribution >= 0.6 is 0 Å². The van der Waals surface area contributed by atoms with Crippen LogP contribution in [0.5, 0.6) is 0 Å². The Balaban J connectivity index is 1.51. The van der Waals surface area contributed by atoms with Crippen molar-refractivity contribution in [2.45, 2.75) is 31.6 Å². The Morgan fingerprint density at radius 1 is 1.07 bits per heavy atom. The van der Waals surface area contributed by atoms with Crippen LogP contribution in [0.25, 0.3) is 10.9 Å². The summed E-state index contributed by atoms with van der Waals surface area (Å²) >= 11 is 0. The van der Waals surface area contributed by atoms with Crippen molar-refractivity contribution >= 4 is 20.9 Å². The maximum Gasteiger partial charge on any atom is 0.261 e. The smallest absolute Gasteiger partial charge is 0.261 e. The summed E-state index contributed by atoms with van der Waals surface area (Å²) in [4.78, 5) is 17.3. The summed E-state index contributed by atoms with van der Waals surface area (Å²) in [6.45, 7) is 2.78. The molecular formula is C21H23N3O3S. The number of nitrogens with zero attached hydrogens (tertiary/aromatic N) is 3. The molecule has 0 unspecified atom stereocenters. The molecule has 4 rings (SSSR count). The third-order valence-electron chi connectivity index (χ3n) is 5.34. The van der Waals surface area contributed by atoms with E-state index in [9.17, 15) is 13.2 Å². The average Bonchev–Trinajstić information content (AvgIpc) is 2.69. The van der Waals surface area contributed by atoms with E-state index in [1.54, 1.807) is 15.2 Å². The van der Waals surface area contributed by atoms with E-state index >= 15 is 0 Å². The van der Waals surface area contributed by atoms with E-state index in [0.717, 1.165) is 11.1 Å². The highest BCUT2D eigenvalue weighted by Gasteiger charge is 2.29. The second-order valence-corrected chi connectivity index (χ2v) is 9.32. The van der Waals surface area contributed by atoms with Gasteiger partial charge < -0.3 is 0 Å². The summed E-state index contributed by atoms with van der Waals surface area (Å²) in [5, 5.41) is 0.613. The molecule has 0 N–H and O–H groups in total. The van der Waals surface area contributed by atoms with Crippen molar-refractivity contribution in [3.63, 3.8) is 0 Å². The molecule has 1 fully saturated rings. The minimum absolute atomic E-state index is 0.00919. The van der Waals surface area contributed by atoms with Crippen LogP contribution in [0.1, 0.15) is 30.0 Å². The van der Waals surface area contributed by atoms with Crippen LogP contribution in [-0.2, 0) is 15.8 Å². The zero-order chi connectivity index (χ0) is 19.7. The molecule has 1 saturated heterocycles. The number of sulfonamides is 1. The van der Waals surface area contributed by atoms with Gasteiger partial charge in [0.2, 0.25) is 10.0 Å². The van der Waals surface area contributed by atoms with E-state index in [-0.39, 0.29) is 17.4 Å². The molecule has 0 saturated carbocycles. The summed E-state index contributed by atoms with van der Waals surface area (Å²) in [6.07, 6.45) is 2.80. The van der Waals surface area contributed by atoms with Gasteiger partial charge in [-0.3, -0.25) is 9.36 Å². The molecule has 0 bridgehead atoms. The first kappa shape index (κ1) is 18.8. The van der Waals surface area contributed by atoms with Crippen LogP contribution in [0.2, 0.25) is 0 Å². The van der Waals surface area contributed by atoms with Gasteiger partial charge in [0.05, 0.1) is 23.0 Å². The molecule has 1 aliphatic heterocycles. The highest BCUT2D eigenvalue weighted by Crippen LogP contribution is 2.25. The lowest BCUT2D eigenvalue weighted by Gasteiger charge is -2.32. The van der Waals surface area contributed by atoms with Crippen LogP contribution in [0.3, 0.4) is 0 Å². The predicted octanol–water partition coefficient (Wildman–Crippen LogP) is 2.87. The summed E-state index contributed by atoms with van der Waals surface area (Å²) in [5.74, 6) is 0.00919. The van der Waals surface area contributed by atoms with Gasteiger partial charge in [0.1, 0.15) is 0 Å². The first-order valence-electron chi connectivity index (χ1n) is 9.43. The van der Waals surface area contributed by atoms with E-state index in [2.05, 4.69) is 4.98 Å². The Morgan fingerprint density at radius 2 is 1.79 bits per heavy atom. The van der Waals surface area contributed by atoms with Crippen molar-refractivity contribution in [3.8, 4) is 0 Å². The quantitative estimate of drug-likeness (QED) is 0.679. The molecule has 0 spiro atoms. The zero-order valence-corrected chi connectivity index (χ0v) is 16.6. The number of aryl methyl sites for hydroxylation is 1. The monoisotopic (exact) mass is 397 g/mol. The lowest BCUT2D eigenvalue weighted by molar-refractivity contribution is 0.269. The van der Waals surface area contributed by atoms with Gasteiger partial charge in [-0.1, -0.05) is 42.0 Å². The summed E-state index contributed by atoms with van der Waals surface area (Å²) in [5.41, 5.74) is 2.44. The van der Waals surface area contributed by atoms with Crippen molar-refractivity contribution in [1.82, 2.24) is 13.9 Å². The molecule has 6 nitrogen and oxygen atoms in total. The summed E-state index contributed by atoms with van der Waals surface area (Å²) in [6, 6.07) is 14.8. The average molecular weight is 398 g/mol. The third kappa shape index (κ3) is 3.72. The molecule has 146 valence electrons. The largest absolute Gasteiger partial charge is 0.296 e. The molecule has 0 atom stereocenters. The zero-order valence-electron chi connectivity index (χ0n) is 15.8. The van der Waals surface area contributed by atoms with Crippen molar-refractivity contribution in [2.75, 3.05) is 13.1 Å². The van der Waals surface area contributed by atoms with Crippen LogP contribution in [-0.4, -0.2) is 35.4 Å². The Hall–Kier alpha value is -2.51. The van der Waals surface area contributed by atoms with Gasteiger partial charge in [-0.05, 0) is 37.5 Å². The van der Waals surface area contributed by atoms with Crippen LogP contribution in [0.4, 0.5) is 0 Å². The Bertz CT molecular complexity index is 1150. The second kappa shape index (κ2) is 7.48. The van der Waals surface area contributed by atoms with Gasteiger partial charge in [0, 0.05) is 19.1 Å². The van der Waals surface area contributed by atoms with Gasteiger partial charge >= 0.3 is 0 Å². The van der Waals surface area contributed by atoms with Crippen molar-refractivity contribution in [2.24, 2.45) is 0 Å². The maximum atomic E-state index is 12.9. The minimum Gasteiger partial charge on any atom is -0.296 e. The third-order valence-corrected chi connectivity index (χ3v) is 7.19.